The fourth-order valence-electron chi connectivity index (χ4n) is 2.75. The number of rotatable bonds is 6. The second-order valence-corrected chi connectivity index (χ2v) is 6.73. The molecule has 0 aliphatic heterocycles. The molecule has 3 heterocycles. The molecule has 0 aliphatic carbocycles. The topological polar surface area (TPSA) is 118 Å². The van der Waals surface area contributed by atoms with Crippen molar-refractivity contribution in [1.29, 1.82) is 0 Å². The van der Waals surface area contributed by atoms with Gasteiger partial charge < -0.3 is 16.0 Å². The SMILES string of the molecule is Cc1cnc(C(=O)Nc2ccc(Nc3cc(Nc4ccccn4)nc(C)n3)cc2)cn1. The van der Waals surface area contributed by atoms with Crippen molar-refractivity contribution < 1.29 is 4.79 Å². The van der Waals surface area contributed by atoms with Crippen molar-refractivity contribution in [3.05, 3.63) is 84.3 Å². The second-order valence-electron chi connectivity index (χ2n) is 6.73. The molecule has 0 unspecified atom stereocenters. The van der Waals surface area contributed by atoms with Crippen molar-refractivity contribution in [2.24, 2.45) is 0 Å². The molecule has 9 nitrogen and oxygen atoms in total. The van der Waals surface area contributed by atoms with Gasteiger partial charge in [-0.2, -0.15) is 0 Å². The van der Waals surface area contributed by atoms with Crippen LogP contribution < -0.4 is 16.0 Å². The smallest absolute Gasteiger partial charge is 0.275 e. The van der Waals surface area contributed by atoms with Crippen LogP contribution in [0.1, 0.15) is 22.0 Å². The lowest BCUT2D eigenvalue weighted by Crippen LogP contribution is -2.14. The summed E-state index contributed by atoms with van der Waals surface area (Å²) in [5.74, 6) is 2.27. The predicted octanol–water partition coefficient (Wildman–Crippen LogP) is 4.02. The molecular formula is C22H20N8O. The maximum absolute atomic E-state index is 12.3. The van der Waals surface area contributed by atoms with Crippen LogP contribution in [0.25, 0.3) is 0 Å². The van der Waals surface area contributed by atoms with E-state index in [-0.39, 0.29) is 11.6 Å². The van der Waals surface area contributed by atoms with E-state index in [4.69, 9.17) is 0 Å². The highest BCUT2D eigenvalue weighted by atomic mass is 16.1. The Labute approximate surface area is 179 Å². The van der Waals surface area contributed by atoms with Gasteiger partial charge in [-0.1, -0.05) is 6.07 Å². The Balaban J connectivity index is 1.43. The number of anilines is 5. The average molecular weight is 412 g/mol. The predicted molar refractivity (Wildman–Crippen MR) is 119 cm³/mol. The van der Waals surface area contributed by atoms with Gasteiger partial charge in [-0.3, -0.25) is 9.78 Å². The molecule has 4 aromatic rings. The third-order valence-corrected chi connectivity index (χ3v) is 4.19. The van der Waals surface area contributed by atoms with E-state index < -0.39 is 0 Å². The van der Waals surface area contributed by atoms with Gasteiger partial charge in [-0.15, -0.1) is 0 Å². The summed E-state index contributed by atoms with van der Waals surface area (Å²) in [6.45, 7) is 3.64. The lowest BCUT2D eigenvalue weighted by atomic mass is 10.2. The lowest BCUT2D eigenvalue weighted by Gasteiger charge is -2.11. The molecule has 0 saturated heterocycles. The number of hydrogen-bond acceptors (Lipinski definition) is 8. The highest BCUT2D eigenvalue weighted by Gasteiger charge is 2.08. The van der Waals surface area contributed by atoms with Gasteiger partial charge in [-0.25, -0.2) is 19.9 Å². The fourth-order valence-corrected chi connectivity index (χ4v) is 2.75. The monoisotopic (exact) mass is 412 g/mol. The molecule has 1 aromatic carbocycles. The largest absolute Gasteiger partial charge is 0.340 e. The molecular weight excluding hydrogens is 392 g/mol. The molecule has 31 heavy (non-hydrogen) atoms. The number of carbonyl (C=O) groups is 1. The average Bonchev–Trinajstić information content (AvgIpc) is 2.76. The normalized spacial score (nSPS) is 10.4. The van der Waals surface area contributed by atoms with E-state index in [0.29, 0.717) is 29.0 Å². The van der Waals surface area contributed by atoms with E-state index in [9.17, 15) is 4.79 Å². The number of amides is 1. The Morgan fingerprint density at radius 3 is 2.19 bits per heavy atom. The van der Waals surface area contributed by atoms with E-state index in [2.05, 4.69) is 40.9 Å². The highest BCUT2D eigenvalue weighted by Crippen LogP contribution is 2.21. The molecule has 0 atom stereocenters. The third kappa shape index (κ3) is 5.36. The molecule has 9 heteroatoms. The van der Waals surface area contributed by atoms with Crippen LogP contribution >= 0.6 is 0 Å². The maximum Gasteiger partial charge on any atom is 0.275 e. The minimum atomic E-state index is -0.315. The van der Waals surface area contributed by atoms with Crippen molar-refractivity contribution in [1.82, 2.24) is 24.9 Å². The van der Waals surface area contributed by atoms with Gasteiger partial charge in [0.25, 0.3) is 5.91 Å². The summed E-state index contributed by atoms with van der Waals surface area (Å²) in [6, 6.07) is 14.7. The van der Waals surface area contributed by atoms with Gasteiger partial charge in [0, 0.05) is 29.8 Å². The highest BCUT2D eigenvalue weighted by molar-refractivity contribution is 6.02. The van der Waals surface area contributed by atoms with Crippen LogP contribution in [0.4, 0.5) is 28.8 Å². The number of nitrogens with zero attached hydrogens (tertiary/aromatic N) is 5. The molecule has 0 fully saturated rings. The first-order valence-corrected chi connectivity index (χ1v) is 9.56. The zero-order valence-electron chi connectivity index (χ0n) is 17.0. The van der Waals surface area contributed by atoms with Gasteiger partial charge in [0.2, 0.25) is 0 Å². The Kier molecular flexibility index (Phi) is 5.75. The molecule has 0 radical (unpaired) electrons. The van der Waals surface area contributed by atoms with Crippen molar-refractivity contribution >= 4 is 34.7 Å². The fraction of sp³-hybridized carbons (Fsp3) is 0.0909. The van der Waals surface area contributed by atoms with Crippen molar-refractivity contribution in [2.45, 2.75) is 13.8 Å². The summed E-state index contributed by atoms with van der Waals surface area (Å²) < 4.78 is 0. The van der Waals surface area contributed by atoms with E-state index in [1.54, 1.807) is 30.6 Å². The summed E-state index contributed by atoms with van der Waals surface area (Å²) in [5.41, 5.74) is 2.48. The number of aromatic nitrogens is 5. The third-order valence-electron chi connectivity index (χ3n) is 4.19. The Bertz CT molecular complexity index is 1180. The molecule has 0 bridgehead atoms. The van der Waals surface area contributed by atoms with E-state index in [1.165, 1.54) is 6.20 Å². The second kappa shape index (κ2) is 8.95. The summed E-state index contributed by atoms with van der Waals surface area (Å²) in [6.07, 6.45) is 4.72. The van der Waals surface area contributed by atoms with Gasteiger partial charge in [0.1, 0.15) is 29.0 Å². The summed E-state index contributed by atoms with van der Waals surface area (Å²) in [5, 5.41) is 9.21. The minimum absolute atomic E-state index is 0.261. The van der Waals surface area contributed by atoms with Crippen molar-refractivity contribution in [3.8, 4) is 0 Å². The van der Waals surface area contributed by atoms with E-state index in [0.717, 1.165) is 11.4 Å². The maximum atomic E-state index is 12.3. The van der Waals surface area contributed by atoms with Crippen LogP contribution in [-0.4, -0.2) is 30.8 Å². The number of carbonyl (C=O) groups excluding carboxylic acids is 1. The molecule has 3 N–H and O–H groups in total. The number of benzene rings is 1. The van der Waals surface area contributed by atoms with Gasteiger partial charge >= 0.3 is 0 Å². The first-order valence-electron chi connectivity index (χ1n) is 9.56. The quantitative estimate of drug-likeness (QED) is 0.435. The summed E-state index contributed by atoms with van der Waals surface area (Å²) >= 11 is 0. The molecule has 1 amide bonds. The molecule has 0 aliphatic rings. The molecule has 0 spiro atoms. The van der Waals surface area contributed by atoms with Crippen LogP contribution in [0, 0.1) is 13.8 Å². The molecule has 0 saturated carbocycles. The number of pyridine rings is 1. The Morgan fingerprint density at radius 1 is 0.774 bits per heavy atom. The van der Waals surface area contributed by atoms with Crippen LogP contribution in [0.15, 0.2) is 67.1 Å². The van der Waals surface area contributed by atoms with Crippen LogP contribution in [0.2, 0.25) is 0 Å². The van der Waals surface area contributed by atoms with Crippen molar-refractivity contribution in [3.63, 3.8) is 0 Å². The van der Waals surface area contributed by atoms with E-state index >= 15 is 0 Å². The van der Waals surface area contributed by atoms with Crippen LogP contribution in [-0.2, 0) is 0 Å². The number of nitrogens with one attached hydrogen (secondary N) is 3. The van der Waals surface area contributed by atoms with E-state index in [1.807, 2.05) is 44.2 Å². The zero-order chi connectivity index (χ0) is 21.6. The zero-order valence-corrected chi connectivity index (χ0v) is 17.0. The first-order chi connectivity index (χ1) is 15.0. The summed E-state index contributed by atoms with van der Waals surface area (Å²) in [4.78, 5) is 33.5. The first kappa shape index (κ1) is 19.9. The summed E-state index contributed by atoms with van der Waals surface area (Å²) in [7, 11) is 0. The number of hydrogen-bond donors (Lipinski definition) is 3. The van der Waals surface area contributed by atoms with Gasteiger partial charge in [-0.05, 0) is 50.2 Å². The van der Waals surface area contributed by atoms with Gasteiger partial charge in [0.05, 0.1) is 11.9 Å². The van der Waals surface area contributed by atoms with Gasteiger partial charge in [0.15, 0.2) is 0 Å². The molecule has 3 aromatic heterocycles. The number of aryl methyl sites for hydroxylation is 2. The standard InChI is InChI=1S/C22H20N8O/c1-14-12-25-18(13-24-14)22(31)29-17-8-6-16(7-9-17)28-20-11-21(27-15(2)26-20)30-19-5-3-4-10-23-19/h3-13H,1-2H3,(H,29,31)(H2,23,26,27,28,30). The minimum Gasteiger partial charge on any atom is -0.340 e. The lowest BCUT2D eigenvalue weighted by molar-refractivity contribution is 0.102. The Hall–Kier alpha value is -4.40. The molecule has 4 rings (SSSR count). The Morgan fingerprint density at radius 2 is 1.52 bits per heavy atom. The van der Waals surface area contributed by atoms with Crippen molar-refractivity contribution in [2.75, 3.05) is 16.0 Å². The molecule has 154 valence electrons. The van der Waals surface area contributed by atoms with Crippen LogP contribution in [0.3, 0.4) is 0 Å². The van der Waals surface area contributed by atoms with Crippen LogP contribution in [0.5, 0.6) is 0 Å².